The van der Waals surface area contributed by atoms with Crippen LogP contribution in [0.1, 0.15) is 51.4 Å². The normalized spacial score (nSPS) is 43.5. The third-order valence-corrected chi connectivity index (χ3v) is 6.44. The van der Waals surface area contributed by atoms with Crippen molar-refractivity contribution in [3.05, 3.63) is 25.3 Å². The quantitative estimate of drug-likeness (QED) is 0.683. The maximum Gasteiger partial charge on any atom is 0.176 e. The summed E-state index contributed by atoms with van der Waals surface area (Å²) < 4.78 is 11.4. The Morgan fingerprint density at radius 3 is 1.50 bits per heavy atom. The Kier molecular flexibility index (Phi) is 5.76. The topological polar surface area (TPSA) is 18.5 Å². The van der Waals surface area contributed by atoms with E-state index in [9.17, 15) is 0 Å². The summed E-state index contributed by atoms with van der Waals surface area (Å²) in [6.07, 6.45) is 15.0. The molecule has 0 aromatic carbocycles. The molecule has 2 nitrogen and oxygen atoms in total. The molecule has 0 atom stereocenters. The van der Waals surface area contributed by atoms with Crippen LogP contribution in [0.2, 0.25) is 0 Å². The fourth-order valence-corrected chi connectivity index (χ4v) is 4.88. The van der Waals surface area contributed by atoms with E-state index < -0.39 is 0 Å². The molecule has 3 aliphatic rings. The van der Waals surface area contributed by atoms with Crippen molar-refractivity contribution in [2.75, 3.05) is 13.2 Å². The van der Waals surface area contributed by atoms with Gasteiger partial charge in [0, 0.05) is 5.92 Å². The van der Waals surface area contributed by atoms with Crippen LogP contribution in [0.4, 0.5) is 0 Å². The smallest absolute Gasteiger partial charge is 0.176 e. The summed E-state index contributed by atoms with van der Waals surface area (Å²) >= 11 is 0. The zero-order chi connectivity index (χ0) is 15.4. The van der Waals surface area contributed by atoms with Gasteiger partial charge in [-0.3, -0.25) is 0 Å². The minimum Gasteiger partial charge on any atom is -0.349 e. The second kappa shape index (κ2) is 7.79. The van der Waals surface area contributed by atoms with E-state index in [1.165, 1.54) is 51.4 Å². The Labute approximate surface area is 136 Å². The van der Waals surface area contributed by atoms with E-state index in [2.05, 4.69) is 19.2 Å². The van der Waals surface area contributed by atoms with E-state index >= 15 is 0 Å². The zero-order valence-corrected chi connectivity index (χ0v) is 13.9. The zero-order valence-electron chi connectivity index (χ0n) is 13.9. The Morgan fingerprint density at radius 2 is 1.05 bits per heavy atom. The first kappa shape index (κ1) is 16.3. The first-order valence-corrected chi connectivity index (χ1v) is 9.28. The fraction of sp³-hybridized carbons (Fsp3) is 0.800. The second-order valence-electron chi connectivity index (χ2n) is 7.62. The van der Waals surface area contributed by atoms with Gasteiger partial charge in [-0.25, -0.2) is 0 Å². The molecule has 0 bridgehead atoms. The molecule has 2 saturated carbocycles. The van der Waals surface area contributed by atoms with Gasteiger partial charge >= 0.3 is 0 Å². The molecule has 0 aromatic rings. The number of allylic oxidation sites excluding steroid dienone is 1. The Bertz CT molecular complexity index is 318. The average molecular weight is 304 g/mol. The van der Waals surface area contributed by atoms with Crippen LogP contribution in [-0.4, -0.2) is 19.5 Å². The summed E-state index contributed by atoms with van der Waals surface area (Å²) in [5, 5.41) is 0. The highest BCUT2D eigenvalue weighted by molar-refractivity contribution is 4.88. The van der Waals surface area contributed by atoms with Gasteiger partial charge in [-0.15, -0.1) is 6.58 Å². The monoisotopic (exact) mass is 304 g/mol. The van der Waals surface area contributed by atoms with Gasteiger partial charge in [0.1, 0.15) is 0 Å². The third kappa shape index (κ3) is 3.83. The first-order valence-electron chi connectivity index (χ1n) is 9.28. The lowest BCUT2D eigenvalue weighted by Gasteiger charge is -2.40. The minimum absolute atomic E-state index is 0.173. The molecule has 0 amide bonds. The van der Waals surface area contributed by atoms with Crippen LogP contribution < -0.4 is 0 Å². The van der Waals surface area contributed by atoms with Gasteiger partial charge in [0.25, 0.3) is 0 Å². The van der Waals surface area contributed by atoms with Crippen molar-refractivity contribution >= 4 is 0 Å². The van der Waals surface area contributed by atoms with Gasteiger partial charge < -0.3 is 9.47 Å². The van der Waals surface area contributed by atoms with Gasteiger partial charge in [0.05, 0.1) is 13.2 Å². The molecule has 0 spiro atoms. The molecule has 0 N–H and O–H groups in total. The summed E-state index contributed by atoms with van der Waals surface area (Å²) in [6.45, 7) is 9.42. The van der Waals surface area contributed by atoms with Crippen molar-refractivity contribution in [1.29, 1.82) is 0 Å². The van der Waals surface area contributed by atoms with Crippen molar-refractivity contribution in [1.82, 2.24) is 0 Å². The van der Waals surface area contributed by atoms with Crippen molar-refractivity contribution < 1.29 is 9.47 Å². The number of hydrogen-bond donors (Lipinski definition) is 0. The lowest BCUT2D eigenvalue weighted by molar-refractivity contribution is -0.185. The Hall–Kier alpha value is -0.600. The molecule has 3 fully saturated rings. The van der Waals surface area contributed by atoms with E-state index in [0.717, 1.165) is 36.9 Å². The predicted molar refractivity (Wildman–Crippen MR) is 90.5 cm³/mol. The van der Waals surface area contributed by atoms with Crippen LogP contribution in [0.25, 0.3) is 0 Å². The summed E-state index contributed by atoms with van der Waals surface area (Å²) in [7, 11) is 0. The maximum absolute atomic E-state index is 5.71. The number of ether oxygens (including phenoxy) is 2. The van der Waals surface area contributed by atoms with Crippen LogP contribution >= 0.6 is 0 Å². The maximum atomic E-state index is 5.71. The molecule has 1 saturated heterocycles. The molecule has 0 aromatic heterocycles. The molecule has 0 unspecified atom stereocenters. The molecule has 1 aliphatic heterocycles. The van der Waals surface area contributed by atoms with Gasteiger partial charge in [0.2, 0.25) is 0 Å². The molecule has 1 heterocycles. The van der Waals surface area contributed by atoms with Crippen molar-refractivity contribution in [2.24, 2.45) is 29.6 Å². The summed E-state index contributed by atoms with van der Waals surface area (Å²) in [5.41, 5.74) is 0. The number of hydrogen-bond acceptors (Lipinski definition) is 2. The van der Waals surface area contributed by atoms with Crippen LogP contribution in [0, 0.1) is 29.6 Å². The van der Waals surface area contributed by atoms with E-state index in [1.54, 1.807) is 6.08 Å². The predicted octanol–water partition coefficient (Wildman–Crippen LogP) is 4.96. The van der Waals surface area contributed by atoms with Gasteiger partial charge in [-0.05, 0) is 81.1 Å². The average Bonchev–Trinajstić information content (AvgIpc) is 2.62. The molecule has 2 heteroatoms. The van der Waals surface area contributed by atoms with E-state index in [-0.39, 0.29) is 6.29 Å². The first-order chi connectivity index (χ1) is 10.8. The highest BCUT2D eigenvalue weighted by atomic mass is 16.7. The highest BCUT2D eigenvalue weighted by Crippen LogP contribution is 2.43. The molecule has 3 rings (SSSR count). The molecule has 2 aliphatic carbocycles. The summed E-state index contributed by atoms with van der Waals surface area (Å²) in [5.74, 6) is 4.18. The molecule has 0 radical (unpaired) electrons. The van der Waals surface area contributed by atoms with Gasteiger partial charge in [-0.1, -0.05) is 12.7 Å². The van der Waals surface area contributed by atoms with E-state index in [1.807, 2.05) is 0 Å². The van der Waals surface area contributed by atoms with Crippen LogP contribution in [0.3, 0.4) is 0 Å². The third-order valence-electron chi connectivity index (χ3n) is 6.44. The number of rotatable bonds is 4. The van der Waals surface area contributed by atoms with Crippen LogP contribution in [-0.2, 0) is 9.47 Å². The molecular formula is C20H32O2. The van der Waals surface area contributed by atoms with Crippen molar-refractivity contribution in [2.45, 2.75) is 57.7 Å². The Morgan fingerprint density at radius 1 is 0.591 bits per heavy atom. The SMILES string of the molecule is C=CC1CCC(C2CCC(C3COC(C=C)OC3)CC2)CC1. The minimum atomic E-state index is -0.173. The standard InChI is InChI=1S/C20H32O2/c1-3-15-5-7-16(8-6-15)17-9-11-18(12-10-17)19-13-21-20(4-2)22-14-19/h3-4,15-20H,1-2,5-14H2. The van der Waals surface area contributed by atoms with Crippen molar-refractivity contribution in [3.63, 3.8) is 0 Å². The molecule has 124 valence electrons. The largest absolute Gasteiger partial charge is 0.349 e. The Balaban J connectivity index is 1.41. The van der Waals surface area contributed by atoms with E-state index in [0.29, 0.717) is 5.92 Å². The van der Waals surface area contributed by atoms with Crippen LogP contribution in [0.15, 0.2) is 25.3 Å². The van der Waals surface area contributed by atoms with E-state index in [4.69, 9.17) is 9.47 Å². The van der Waals surface area contributed by atoms with Gasteiger partial charge in [0.15, 0.2) is 6.29 Å². The second-order valence-corrected chi connectivity index (χ2v) is 7.62. The van der Waals surface area contributed by atoms with Gasteiger partial charge in [-0.2, -0.15) is 0 Å². The molecule has 22 heavy (non-hydrogen) atoms. The fourth-order valence-electron chi connectivity index (χ4n) is 4.88. The lowest BCUT2D eigenvalue weighted by atomic mass is 9.67. The molecular weight excluding hydrogens is 272 g/mol. The highest BCUT2D eigenvalue weighted by Gasteiger charge is 2.34. The summed E-state index contributed by atoms with van der Waals surface area (Å²) in [4.78, 5) is 0. The van der Waals surface area contributed by atoms with Crippen LogP contribution in [0.5, 0.6) is 0 Å². The lowest BCUT2D eigenvalue weighted by Crippen LogP contribution is -2.37. The van der Waals surface area contributed by atoms with Crippen molar-refractivity contribution in [3.8, 4) is 0 Å². The summed E-state index contributed by atoms with van der Waals surface area (Å²) in [6, 6.07) is 0.